The molecule has 0 unspecified atom stereocenters. The van der Waals surface area contributed by atoms with Gasteiger partial charge in [0, 0.05) is 37.7 Å². The van der Waals surface area contributed by atoms with E-state index in [0.717, 1.165) is 6.07 Å². The minimum absolute atomic E-state index is 0.0449. The molecule has 0 radical (unpaired) electrons. The molecular formula is C15H17ClFN3O4. The molecule has 2 rings (SSSR count). The van der Waals surface area contributed by atoms with Gasteiger partial charge in [-0.2, -0.15) is 0 Å². The lowest BCUT2D eigenvalue weighted by Gasteiger charge is -2.34. The van der Waals surface area contributed by atoms with Gasteiger partial charge in [0.2, 0.25) is 0 Å². The zero-order chi connectivity index (χ0) is 17.7. The van der Waals surface area contributed by atoms with Gasteiger partial charge in [-0.25, -0.2) is 9.18 Å². The van der Waals surface area contributed by atoms with E-state index in [2.05, 4.69) is 5.32 Å². The normalized spacial score (nSPS) is 14.4. The van der Waals surface area contributed by atoms with Crippen molar-refractivity contribution in [2.45, 2.75) is 6.42 Å². The van der Waals surface area contributed by atoms with Crippen LogP contribution in [0.2, 0.25) is 5.02 Å². The molecule has 1 aliphatic heterocycles. The number of carbonyl (C=O) groups excluding carboxylic acids is 2. The number of halogens is 2. The van der Waals surface area contributed by atoms with E-state index in [1.807, 2.05) is 0 Å². The number of piperazine rings is 1. The molecule has 9 heteroatoms. The molecule has 3 amide bonds. The number of hydrogen-bond donors (Lipinski definition) is 2. The molecule has 130 valence electrons. The van der Waals surface area contributed by atoms with E-state index in [-0.39, 0.29) is 42.7 Å². The Morgan fingerprint density at radius 1 is 1.17 bits per heavy atom. The second kappa shape index (κ2) is 7.96. The number of nitrogens with one attached hydrogen (secondary N) is 1. The molecule has 1 aliphatic rings. The van der Waals surface area contributed by atoms with Crippen molar-refractivity contribution in [1.82, 2.24) is 15.1 Å². The summed E-state index contributed by atoms with van der Waals surface area (Å²) in [5.41, 5.74) is -0.0567. The monoisotopic (exact) mass is 357 g/mol. The highest BCUT2D eigenvalue weighted by Crippen LogP contribution is 2.17. The maximum atomic E-state index is 13.8. The summed E-state index contributed by atoms with van der Waals surface area (Å²) in [7, 11) is 0. The van der Waals surface area contributed by atoms with Gasteiger partial charge in [-0.3, -0.25) is 9.59 Å². The number of nitrogens with zero attached hydrogens (tertiary/aromatic N) is 2. The fraction of sp³-hybridized carbons (Fsp3) is 0.400. The van der Waals surface area contributed by atoms with Crippen LogP contribution in [0.25, 0.3) is 0 Å². The standard InChI is InChI=1S/C15H17ClFN3O4/c16-10-1-2-11(12(17)9-10)14(23)19-5-7-20(8-6-19)15(24)18-4-3-13(21)22/h1-2,9H,3-8H2,(H,18,24)(H,21,22). The fourth-order valence-corrected chi connectivity index (χ4v) is 2.49. The van der Waals surface area contributed by atoms with Crippen molar-refractivity contribution in [3.8, 4) is 0 Å². The smallest absolute Gasteiger partial charge is 0.317 e. The maximum absolute atomic E-state index is 13.8. The molecule has 7 nitrogen and oxygen atoms in total. The topological polar surface area (TPSA) is 89.9 Å². The number of hydrogen-bond acceptors (Lipinski definition) is 3. The number of carboxylic acid groups (broad SMARTS) is 1. The zero-order valence-electron chi connectivity index (χ0n) is 12.8. The van der Waals surface area contributed by atoms with Gasteiger partial charge >= 0.3 is 12.0 Å². The first-order valence-electron chi connectivity index (χ1n) is 7.37. The van der Waals surface area contributed by atoms with Crippen molar-refractivity contribution < 1.29 is 23.9 Å². The summed E-state index contributed by atoms with van der Waals surface area (Å²) in [5, 5.41) is 11.2. The Morgan fingerprint density at radius 2 is 1.79 bits per heavy atom. The van der Waals surface area contributed by atoms with Gasteiger partial charge < -0.3 is 20.2 Å². The number of carboxylic acids is 1. The maximum Gasteiger partial charge on any atom is 0.317 e. The van der Waals surface area contributed by atoms with Crippen molar-refractivity contribution in [3.63, 3.8) is 0 Å². The SMILES string of the molecule is O=C(O)CCNC(=O)N1CCN(C(=O)c2ccc(Cl)cc2F)CC1. The molecule has 0 atom stereocenters. The molecule has 2 N–H and O–H groups in total. The lowest BCUT2D eigenvalue weighted by atomic mass is 10.1. The molecule has 1 fully saturated rings. The molecular weight excluding hydrogens is 341 g/mol. The lowest BCUT2D eigenvalue weighted by Crippen LogP contribution is -2.53. The molecule has 24 heavy (non-hydrogen) atoms. The molecule has 0 aliphatic carbocycles. The highest BCUT2D eigenvalue weighted by molar-refractivity contribution is 6.30. The van der Waals surface area contributed by atoms with Crippen LogP contribution in [0.15, 0.2) is 18.2 Å². The van der Waals surface area contributed by atoms with Crippen LogP contribution in [-0.2, 0) is 4.79 Å². The predicted octanol–water partition coefficient (Wildman–Crippen LogP) is 1.42. The summed E-state index contributed by atoms with van der Waals surface area (Å²) in [6, 6.07) is 3.50. The Labute approximate surface area is 143 Å². The van der Waals surface area contributed by atoms with Crippen molar-refractivity contribution in [2.24, 2.45) is 0 Å². The average molecular weight is 358 g/mol. The summed E-state index contributed by atoms with van der Waals surface area (Å²) in [4.78, 5) is 37.5. The highest BCUT2D eigenvalue weighted by Gasteiger charge is 2.26. The fourth-order valence-electron chi connectivity index (χ4n) is 2.33. The van der Waals surface area contributed by atoms with Crippen molar-refractivity contribution >= 4 is 29.5 Å². The Hall–Kier alpha value is -2.35. The van der Waals surface area contributed by atoms with Gasteiger partial charge in [0.25, 0.3) is 5.91 Å². The van der Waals surface area contributed by atoms with Gasteiger partial charge in [-0.05, 0) is 18.2 Å². The van der Waals surface area contributed by atoms with Crippen LogP contribution in [0.5, 0.6) is 0 Å². The number of urea groups is 1. The van der Waals surface area contributed by atoms with Gasteiger partial charge in [-0.15, -0.1) is 0 Å². The molecule has 1 saturated heterocycles. The van der Waals surface area contributed by atoms with Crippen molar-refractivity contribution in [3.05, 3.63) is 34.6 Å². The first-order valence-corrected chi connectivity index (χ1v) is 7.75. The third kappa shape index (κ3) is 4.58. The summed E-state index contributed by atoms with van der Waals surface area (Å²) in [6.07, 6.45) is -0.153. The van der Waals surface area contributed by atoms with E-state index >= 15 is 0 Å². The molecule has 0 spiro atoms. The largest absolute Gasteiger partial charge is 0.481 e. The first kappa shape index (κ1) is 18.0. The van der Waals surface area contributed by atoms with Gasteiger partial charge in [0.1, 0.15) is 5.82 Å². The van der Waals surface area contributed by atoms with Crippen molar-refractivity contribution in [1.29, 1.82) is 0 Å². The van der Waals surface area contributed by atoms with E-state index < -0.39 is 17.7 Å². The van der Waals surface area contributed by atoms with Crippen LogP contribution in [0.1, 0.15) is 16.8 Å². The zero-order valence-corrected chi connectivity index (χ0v) is 13.6. The van der Waals surface area contributed by atoms with E-state index in [0.29, 0.717) is 13.1 Å². The Bertz CT molecular complexity index is 648. The van der Waals surface area contributed by atoms with Crippen LogP contribution < -0.4 is 5.32 Å². The van der Waals surface area contributed by atoms with Gasteiger partial charge in [-0.1, -0.05) is 11.6 Å². The summed E-state index contributed by atoms with van der Waals surface area (Å²) in [6.45, 7) is 1.17. The second-order valence-electron chi connectivity index (χ2n) is 5.28. The second-order valence-corrected chi connectivity index (χ2v) is 5.72. The Morgan fingerprint density at radius 3 is 2.38 bits per heavy atom. The number of aliphatic carboxylic acids is 1. The predicted molar refractivity (Wildman–Crippen MR) is 84.5 cm³/mol. The lowest BCUT2D eigenvalue weighted by molar-refractivity contribution is -0.136. The van der Waals surface area contributed by atoms with E-state index in [9.17, 15) is 18.8 Å². The molecule has 0 bridgehead atoms. The van der Waals surface area contributed by atoms with E-state index in [4.69, 9.17) is 16.7 Å². The van der Waals surface area contributed by atoms with Gasteiger partial charge in [0.15, 0.2) is 0 Å². The molecule has 1 aromatic carbocycles. The molecule has 1 heterocycles. The number of carbonyl (C=O) groups is 3. The minimum atomic E-state index is -0.990. The summed E-state index contributed by atoms with van der Waals surface area (Å²) >= 11 is 5.67. The van der Waals surface area contributed by atoms with Crippen LogP contribution in [0.4, 0.5) is 9.18 Å². The van der Waals surface area contributed by atoms with E-state index in [1.54, 1.807) is 0 Å². The molecule has 0 aromatic heterocycles. The third-order valence-electron chi connectivity index (χ3n) is 3.63. The van der Waals surface area contributed by atoms with E-state index in [1.165, 1.54) is 21.9 Å². The van der Waals surface area contributed by atoms with Crippen molar-refractivity contribution in [2.75, 3.05) is 32.7 Å². The number of benzene rings is 1. The first-order chi connectivity index (χ1) is 11.4. The van der Waals surface area contributed by atoms with Crippen LogP contribution >= 0.6 is 11.6 Å². The summed E-state index contributed by atoms with van der Waals surface area (Å²) < 4.78 is 13.8. The molecule has 1 aromatic rings. The van der Waals surface area contributed by atoms with Crippen LogP contribution in [0, 0.1) is 5.82 Å². The third-order valence-corrected chi connectivity index (χ3v) is 3.87. The Balaban J connectivity index is 1.86. The van der Waals surface area contributed by atoms with Crippen LogP contribution in [0.3, 0.4) is 0 Å². The number of amides is 3. The minimum Gasteiger partial charge on any atom is -0.481 e. The number of rotatable bonds is 4. The Kier molecular flexibility index (Phi) is 5.97. The van der Waals surface area contributed by atoms with Gasteiger partial charge in [0.05, 0.1) is 12.0 Å². The quantitative estimate of drug-likeness (QED) is 0.852. The summed E-state index contributed by atoms with van der Waals surface area (Å²) in [5.74, 6) is -2.12. The average Bonchev–Trinajstić information content (AvgIpc) is 2.54. The highest BCUT2D eigenvalue weighted by atomic mass is 35.5. The van der Waals surface area contributed by atoms with Crippen LogP contribution in [-0.4, -0.2) is 65.5 Å². The molecule has 0 saturated carbocycles.